The molecule has 0 saturated heterocycles. The fourth-order valence-electron chi connectivity index (χ4n) is 2.18. The molecule has 0 atom stereocenters. The van der Waals surface area contributed by atoms with Crippen LogP contribution in [0.5, 0.6) is 28.7 Å². The van der Waals surface area contributed by atoms with Crippen molar-refractivity contribution in [2.75, 3.05) is 14.2 Å². The zero-order valence-electron chi connectivity index (χ0n) is 13.4. The summed E-state index contributed by atoms with van der Waals surface area (Å²) >= 11 is 0. The van der Waals surface area contributed by atoms with E-state index < -0.39 is 0 Å². The smallest absolute Gasteiger partial charge is 0.169 e. The van der Waals surface area contributed by atoms with Crippen molar-refractivity contribution >= 4 is 0 Å². The van der Waals surface area contributed by atoms with Gasteiger partial charge in [-0.05, 0) is 23.8 Å². The van der Waals surface area contributed by atoms with Gasteiger partial charge in [-0.2, -0.15) is 10.5 Å². The lowest BCUT2D eigenvalue weighted by Crippen LogP contribution is -1.97. The molecule has 2 rings (SSSR count). The van der Waals surface area contributed by atoms with Crippen LogP contribution in [0.1, 0.15) is 11.1 Å². The highest BCUT2D eigenvalue weighted by atomic mass is 16.5. The van der Waals surface area contributed by atoms with Gasteiger partial charge in [-0.1, -0.05) is 6.07 Å². The van der Waals surface area contributed by atoms with Crippen molar-refractivity contribution in [3.63, 3.8) is 0 Å². The molecular formula is C18H16N2O4. The Bertz CT molecular complexity index is 819. The van der Waals surface area contributed by atoms with E-state index in [2.05, 4.69) is 6.07 Å². The van der Waals surface area contributed by atoms with Crippen molar-refractivity contribution in [2.24, 2.45) is 0 Å². The summed E-state index contributed by atoms with van der Waals surface area (Å²) in [4.78, 5) is 0. The summed E-state index contributed by atoms with van der Waals surface area (Å²) in [7, 11) is 3.00. The second-order valence-corrected chi connectivity index (χ2v) is 4.89. The van der Waals surface area contributed by atoms with Gasteiger partial charge in [0, 0.05) is 11.6 Å². The normalized spacial score (nSPS) is 9.67. The van der Waals surface area contributed by atoms with Crippen LogP contribution in [-0.2, 0) is 12.8 Å². The molecule has 0 aliphatic heterocycles. The van der Waals surface area contributed by atoms with E-state index in [1.165, 1.54) is 20.3 Å². The van der Waals surface area contributed by atoms with E-state index in [0.29, 0.717) is 28.4 Å². The second-order valence-electron chi connectivity index (χ2n) is 4.89. The molecule has 0 aliphatic rings. The largest absolute Gasteiger partial charge is 0.504 e. The Labute approximate surface area is 140 Å². The first kappa shape index (κ1) is 17.0. The molecule has 2 aromatic carbocycles. The third-order valence-corrected chi connectivity index (χ3v) is 3.36. The monoisotopic (exact) mass is 324 g/mol. The summed E-state index contributed by atoms with van der Waals surface area (Å²) in [6.45, 7) is 0. The molecule has 0 heterocycles. The lowest BCUT2D eigenvalue weighted by molar-refractivity contribution is 0.350. The van der Waals surface area contributed by atoms with Crippen LogP contribution in [0, 0.1) is 22.7 Å². The van der Waals surface area contributed by atoms with Gasteiger partial charge in [0.1, 0.15) is 5.75 Å². The summed E-state index contributed by atoms with van der Waals surface area (Å²) in [5.74, 6) is 1.45. The van der Waals surface area contributed by atoms with Crippen molar-refractivity contribution in [3.8, 4) is 40.9 Å². The Morgan fingerprint density at radius 2 is 1.54 bits per heavy atom. The van der Waals surface area contributed by atoms with Crippen LogP contribution in [0.2, 0.25) is 0 Å². The predicted molar refractivity (Wildman–Crippen MR) is 86.4 cm³/mol. The van der Waals surface area contributed by atoms with E-state index in [9.17, 15) is 5.11 Å². The number of phenols is 1. The first-order valence-electron chi connectivity index (χ1n) is 7.11. The molecule has 6 heteroatoms. The summed E-state index contributed by atoms with van der Waals surface area (Å²) in [6.07, 6.45) is 0.308. The van der Waals surface area contributed by atoms with Gasteiger partial charge in [-0.25, -0.2) is 0 Å². The zero-order chi connectivity index (χ0) is 17.5. The van der Waals surface area contributed by atoms with E-state index in [-0.39, 0.29) is 24.3 Å². The van der Waals surface area contributed by atoms with Crippen LogP contribution < -0.4 is 14.2 Å². The Morgan fingerprint density at radius 3 is 2.17 bits per heavy atom. The number of rotatable bonds is 6. The number of ether oxygens (including phenoxy) is 3. The molecule has 0 fully saturated rings. The Morgan fingerprint density at radius 1 is 0.875 bits per heavy atom. The standard InChI is InChI=1S/C18H16N2O4/c1-22-17-10-13(6-8-20)15(11-18(17)23-2)24-16-9-12(5-7-19)3-4-14(16)21/h3-4,9-11,21H,5-6H2,1-2H3. The maximum absolute atomic E-state index is 9.98. The van der Waals surface area contributed by atoms with E-state index in [1.807, 2.05) is 6.07 Å². The second kappa shape index (κ2) is 7.75. The molecule has 0 bridgehead atoms. The van der Waals surface area contributed by atoms with Gasteiger partial charge in [0.2, 0.25) is 0 Å². The Kier molecular flexibility index (Phi) is 5.49. The molecule has 0 spiro atoms. The molecule has 0 amide bonds. The number of hydrogen-bond acceptors (Lipinski definition) is 6. The topological polar surface area (TPSA) is 95.5 Å². The average molecular weight is 324 g/mol. The summed E-state index contributed by atoms with van der Waals surface area (Å²) in [5, 5.41) is 27.8. The summed E-state index contributed by atoms with van der Waals surface area (Å²) in [6, 6.07) is 12.1. The molecular weight excluding hydrogens is 308 g/mol. The number of phenolic OH excluding ortho intramolecular Hbond substituents is 1. The van der Waals surface area contributed by atoms with Crippen molar-refractivity contribution in [2.45, 2.75) is 12.8 Å². The van der Waals surface area contributed by atoms with Crippen molar-refractivity contribution in [1.82, 2.24) is 0 Å². The highest BCUT2D eigenvalue weighted by Gasteiger charge is 2.15. The van der Waals surface area contributed by atoms with Crippen LogP contribution in [0.4, 0.5) is 0 Å². The minimum atomic E-state index is -0.0608. The molecule has 0 unspecified atom stereocenters. The number of aromatic hydroxyl groups is 1. The molecule has 0 radical (unpaired) electrons. The van der Waals surface area contributed by atoms with E-state index in [4.69, 9.17) is 24.7 Å². The first-order valence-corrected chi connectivity index (χ1v) is 7.11. The number of nitrogens with zero attached hydrogens (tertiary/aromatic N) is 2. The van der Waals surface area contributed by atoms with Crippen LogP contribution in [-0.4, -0.2) is 19.3 Å². The Balaban J connectivity index is 2.47. The van der Waals surface area contributed by atoms with Gasteiger partial charge in [-0.3, -0.25) is 0 Å². The maximum Gasteiger partial charge on any atom is 0.169 e. The zero-order valence-corrected chi connectivity index (χ0v) is 13.4. The van der Waals surface area contributed by atoms with Gasteiger partial charge < -0.3 is 19.3 Å². The van der Waals surface area contributed by atoms with E-state index >= 15 is 0 Å². The summed E-state index contributed by atoms with van der Waals surface area (Å²) < 4.78 is 16.3. The SMILES string of the molecule is COc1cc(CC#N)c(Oc2cc(CC#N)ccc2O)cc1OC. The molecule has 0 aliphatic carbocycles. The van der Waals surface area contributed by atoms with Crippen LogP contribution in [0.25, 0.3) is 0 Å². The highest BCUT2D eigenvalue weighted by Crippen LogP contribution is 2.39. The van der Waals surface area contributed by atoms with Crippen molar-refractivity contribution in [1.29, 1.82) is 10.5 Å². The minimum absolute atomic E-state index is 0.0608. The first-order chi connectivity index (χ1) is 11.6. The lowest BCUT2D eigenvalue weighted by atomic mass is 10.1. The Hall–Kier alpha value is -3.38. The van der Waals surface area contributed by atoms with Gasteiger partial charge in [0.05, 0.1) is 39.2 Å². The van der Waals surface area contributed by atoms with Gasteiger partial charge in [0.15, 0.2) is 23.0 Å². The van der Waals surface area contributed by atoms with Gasteiger partial charge in [0.25, 0.3) is 0 Å². The number of benzene rings is 2. The molecule has 0 aromatic heterocycles. The third-order valence-electron chi connectivity index (χ3n) is 3.36. The predicted octanol–water partition coefficient (Wildman–Crippen LogP) is 3.33. The van der Waals surface area contributed by atoms with Crippen LogP contribution in [0.3, 0.4) is 0 Å². The van der Waals surface area contributed by atoms with Gasteiger partial charge >= 0.3 is 0 Å². The molecule has 1 N–H and O–H groups in total. The van der Waals surface area contributed by atoms with E-state index in [1.54, 1.807) is 24.3 Å². The van der Waals surface area contributed by atoms with Crippen LogP contribution in [0.15, 0.2) is 30.3 Å². The number of nitriles is 2. The van der Waals surface area contributed by atoms with Gasteiger partial charge in [-0.15, -0.1) is 0 Å². The fraction of sp³-hybridized carbons (Fsp3) is 0.222. The maximum atomic E-state index is 9.98. The molecule has 0 saturated carbocycles. The average Bonchev–Trinajstić information content (AvgIpc) is 2.59. The lowest BCUT2D eigenvalue weighted by Gasteiger charge is -2.15. The van der Waals surface area contributed by atoms with Crippen LogP contribution >= 0.6 is 0 Å². The number of methoxy groups -OCH3 is 2. The fourth-order valence-corrected chi connectivity index (χ4v) is 2.18. The third kappa shape index (κ3) is 3.68. The van der Waals surface area contributed by atoms with E-state index in [0.717, 1.165) is 0 Å². The summed E-state index contributed by atoms with van der Waals surface area (Å²) in [5.41, 5.74) is 1.31. The molecule has 2 aromatic rings. The highest BCUT2D eigenvalue weighted by molar-refractivity contribution is 5.54. The number of hydrogen-bond donors (Lipinski definition) is 1. The molecule has 6 nitrogen and oxygen atoms in total. The quantitative estimate of drug-likeness (QED) is 0.875. The molecule has 122 valence electrons. The molecule has 24 heavy (non-hydrogen) atoms. The van der Waals surface area contributed by atoms with Crippen molar-refractivity contribution < 1.29 is 19.3 Å². The van der Waals surface area contributed by atoms with Crippen molar-refractivity contribution in [3.05, 3.63) is 41.5 Å². The minimum Gasteiger partial charge on any atom is -0.504 e.